The molecule has 0 aromatic carbocycles. The second-order valence-corrected chi connectivity index (χ2v) is 3.60. The molecule has 1 rings (SSSR count). The summed E-state index contributed by atoms with van der Waals surface area (Å²) >= 11 is 0. The van der Waals surface area contributed by atoms with E-state index >= 15 is 0 Å². The van der Waals surface area contributed by atoms with Gasteiger partial charge in [-0.15, -0.1) is 0 Å². The molecule has 0 spiro atoms. The Morgan fingerprint density at radius 1 is 1.23 bits per heavy atom. The van der Waals surface area contributed by atoms with Crippen molar-refractivity contribution >= 4 is 6.29 Å². The van der Waals surface area contributed by atoms with E-state index in [-0.39, 0.29) is 0 Å². The highest BCUT2D eigenvalue weighted by molar-refractivity contribution is 5.48. The maximum atomic E-state index is 10.0. The Morgan fingerprint density at radius 3 is 2.38 bits per heavy atom. The molecule has 0 radical (unpaired) electrons. The number of unbranched alkanes of at least 4 members (excludes halogenated alkanes) is 1. The fraction of sp³-hybridized carbons (Fsp3) is 0.909. The zero-order valence-electron chi connectivity index (χ0n) is 8.67. The van der Waals surface area contributed by atoms with Crippen molar-refractivity contribution in [3.05, 3.63) is 0 Å². The number of carbonyl (C=O) groups is 1. The van der Waals surface area contributed by atoms with E-state index in [9.17, 15) is 4.79 Å². The smallest absolute Gasteiger partial charge is 0.119 e. The summed E-state index contributed by atoms with van der Waals surface area (Å²) in [6, 6.07) is 0. The lowest BCUT2D eigenvalue weighted by molar-refractivity contribution is -0.108. The molecule has 1 aliphatic carbocycles. The number of aldehydes is 1. The van der Waals surface area contributed by atoms with Crippen molar-refractivity contribution in [3.8, 4) is 0 Å². The third-order valence-electron chi connectivity index (χ3n) is 2.66. The summed E-state index contributed by atoms with van der Waals surface area (Å²) in [6.45, 7) is 0. The Labute approximate surface area is 81.3 Å². The van der Waals surface area contributed by atoms with Crippen LogP contribution in [0.15, 0.2) is 0 Å². The number of aliphatic hydroxyl groups excluding tert-OH is 1. The van der Waals surface area contributed by atoms with Crippen molar-refractivity contribution in [3.63, 3.8) is 0 Å². The van der Waals surface area contributed by atoms with Gasteiger partial charge in [0.15, 0.2) is 0 Å². The molecule has 2 heteroatoms. The third-order valence-corrected chi connectivity index (χ3v) is 2.66. The fourth-order valence-corrected chi connectivity index (χ4v) is 1.97. The van der Waals surface area contributed by atoms with Gasteiger partial charge in [0.1, 0.15) is 6.29 Å². The fourth-order valence-electron chi connectivity index (χ4n) is 1.97. The lowest BCUT2D eigenvalue weighted by atomic mass is 9.86. The zero-order chi connectivity index (χ0) is 9.94. The maximum Gasteiger partial charge on any atom is 0.119 e. The minimum absolute atomic E-state index is 0.774. The van der Waals surface area contributed by atoms with E-state index in [4.69, 9.17) is 5.11 Å². The van der Waals surface area contributed by atoms with Gasteiger partial charge in [-0.25, -0.2) is 0 Å². The molecule has 78 valence electrons. The molecular formula is C11H22O2. The van der Waals surface area contributed by atoms with E-state index in [0.29, 0.717) is 0 Å². The first kappa shape index (κ1) is 12.6. The Hall–Kier alpha value is -0.370. The Morgan fingerprint density at radius 2 is 1.85 bits per heavy atom. The van der Waals surface area contributed by atoms with Crippen LogP contribution in [0, 0.1) is 5.92 Å². The van der Waals surface area contributed by atoms with Gasteiger partial charge in [0.2, 0.25) is 0 Å². The van der Waals surface area contributed by atoms with Crippen molar-refractivity contribution in [2.45, 2.75) is 51.4 Å². The molecule has 0 aliphatic heterocycles. The molecule has 0 saturated heterocycles. The highest BCUT2D eigenvalue weighted by Gasteiger charge is 2.11. The standard InChI is InChI=1S/C10H18O.CH4O/c11-9-5-4-8-10-6-2-1-3-7-10;1-2/h9-10H,1-8H2;2H,1H3. The highest BCUT2D eigenvalue weighted by atomic mass is 16.2. The van der Waals surface area contributed by atoms with Crippen LogP contribution < -0.4 is 0 Å². The van der Waals surface area contributed by atoms with Crippen LogP contribution in [0.4, 0.5) is 0 Å². The summed E-state index contributed by atoms with van der Waals surface area (Å²) in [7, 11) is 1.00. The largest absolute Gasteiger partial charge is 0.400 e. The van der Waals surface area contributed by atoms with E-state index < -0.39 is 0 Å². The van der Waals surface area contributed by atoms with Crippen molar-refractivity contribution in [1.82, 2.24) is 0 Å². The molecule has 1 N–H and O–H groups in total. The average Bonchev–Trinajstić information content (AvgIpc) is 2.23. The van der Waals surface area contributed by atoms with Crippen molar-refractivity contribution in [2.24, 2.45) is 5.92 Å². The summed E-state index contributed by atoms with van der Waals surface area (Å²) in [4.78, 5) is 10.0. The lowest BCUT2D eigenvalue weighted by Gasteiger charge is -2.20. The van der Waals surface area contributed by atoms with Crippen LogP contribution in [-0.2, 0) is 4.79 Å². The molecule has 0 aromatic rings. The van der Waals surface area contributed by atoms with Gasteiger partial charge in [-0.1, -0.05) is 38.5 Å². The molecule has 0 bridgehead atoms. The Kier molecular flexibility index (Phi) is 9.44. The molecule has 0 aromatic heterocycles. The van der Waals surface area contributed by atoms with Gasteiger partial charge in [0.25, 0.3) is 0 Å². The number of carbonyl (C=O) groups excluding carboxylic acids is 1. The van der Waals surface area contributed by atoms with E-state index in [1.54, 1.807) is 0 Å². The van der Waals surface area contributed by atoms with E-state index in [1.807, 2.05) is 0 Å². The van der Waals surface area contributed by atoms with Crippen LogP contribution >= 0.6 is 0 Å². The number of aliphatic hydroxyl groups is 1. The predicted octanol–water partition coefficient (Wildman–Crippen LogP) is 2.54. The maximum absolute atomic E-state index is 10.0. The van der Waals surface area contributed by atoms with Crippen LogP contribution in [0.5, 0.6) is 0 Å². The van der Waals surface area contributed by atoms with E-state index in [0.717, 1.165) is 32.2 Å². The first-order valence-corrected chi connectivity index (χ1v) is 5.32. The van der Waals surface area contributed by atoms with Crippen molar-refractivity contribution in [2.75, 3.05) is 7.11 Å². The number of hydrogen-bond acceptors (Lipinski definition) is 2. The Balaban J connectivity index is 0.000000671. The minimum Gasteiger partial charge on any atom is -0.400 e. The summed E-state index contributed by atoms with van der Waals surface area (Å²) in [5.74, 6) is 0.948. The molecule has 0 heterocycles. The molecule has 2 nitrogen and oxygen atoms in total. The Bertz CT molecular complexity index is 107. The molecule has 1 saturated carbocycles. The van der Waals surface area contributed by atoms with Gasteiger partial charge >= 0.3 is 0 Å². The predicted molar refractivity (Wildman–Crippen MR) is 54.6 cm³/mol. The third kappa shape index (κ3) is 6.76. The van der Waals surface area contributed by atoms with Gasteiger partial charge in [0.05, 0.1) is 0 Å². The second-order valence-electron chi connectivity index (χ2n) is 3.60. The van der Waals surface area contributed by atoms with Gasteiger partial charge < -0.3 is 9.90 Å². The van der Waals surface area contributed by atoms with Gasteiger partial charge in [-0.2, -0.15) is 0 Å². The summed E-state index contributed by atoms with van der Waals surface area (Å²) in [5.41, 5.74) is 0. The average molecular weight is 186 g/mol. The number of rotatable bonds is 4. The number of hydrogen-bond donors (Lipinski definition) is 1. The first-order valence-electron chi connectivity index (χ1n) is 5.32. The normalized spacial score (nSPS) is 17.4. The van der Waals surface area contributed by atoms with Gasteiger partial charge in [-0.3, -0.25) is 0 Å². The van der Waals surface area contributed by atoms with Gasteiger partial charge in [0, 0.05) is 13.5 Å². The summed E-state index contributed by atoms with van der Waals surface area (Å²) in [6.07, 6.45) is 11.3. The highest BCUT2D eigenvalue weighted by Crippen LogP contribution is 2.27. The molecule has 1 fully saturated rings. The first-order chi connectivity index (χ1) is 6.43. The molecular weight excluding hydrogens is 164 g/mol. The summed E-state index contributed by atoms with van der Waals surface area (Å²) < 4.78 is 0. The zero-order valence-corrected chi connectivity index (χ0v) is 8.67. The lowest BCUT2D eigenvalue weighted by Crippen LogP contribution is -2.05. The van der Waals surface area contributed by atoms with E-state index in [2.05, 4.69) is 0 Å². The topological polar surface area (TPSA) is 37.3 Å². The molecule has 13 heavy (non-hydrogen) atoms. The quantitative estimate of drug-likeness (QED) is 0.541. The van der Waals surface area contributed by atoms with Crippen LogP contribution in [-0.4, -0.2) is 18.5 Å². The minimum atomic E-state index is 0.774. The van der Waals surface area contributed by atoms with Crippen LogP contribution in [0.2, 0.25) is 0 Å². The van der Waals surface area contributed by atoms with Crippen LogP contribution in [0.3, 0.4) is 0 Å². The van der Waals surface area contributed by atoms with E-state index in [1.165, 1.54) is 38.5 Å². The monoisotopic (exact) mass is 186 g/mol. The van der Waals surface area contributed by atoms with Crippen molar-refractivity contribution in [1.29, 1.82) is 0 Å². The van der Waals surface area contributed by atoms with Crippen molar-refractivity contribution < 1.29 is 9.90 Å². The second kappa shape index (κ2) is 9.72. The summed E-state index contributed by atoms with van der Waals surface area (Å²) in [5, 5.41) is 7.00. The molecule has 0 amide bonds. The SMILES string of the molecule is CO.O=CCCCC1CCCCC1. The van der Waals surface area contributed by atoms with Crippen LogP contribution in [0.25, 0.3) is 0 Å². The van der Waals surface area contributed by atoms with Gasteiger partial charge in [-0.05, 0) is 12.3 Å². The van der Waals surface area contributed by atoms with Crippen LogP contribution in [0.1, 0.15) is 51.4 Å². The molecule has 1 aliphatic rings. The molecule has 0 atom stereocenters. The molecule has 0 unspecified atom stereocenters.